The Morgan fingerprint density at radius 3 is 2.79 bits per heavy atom. The summed E-state index contributed by atoms with van der Waals surface area (Å²) in [7, 11) is 0. The number of H-pyrrole nitrogens is 1. The molecule has 104 valence electrons. The summed E-state index contributed by atoms with van der Waals surface area (Å²) < 4.78 is 0. The van der Waals surface area contributed by atoms with Gasteiger partial charge in [0.2, 0.25) is 5.82 Å². The van der Waals surface area contributed by atoms with Crippen LogP contribution in [0.25, 0.3) is 0 Å². The van der Waals surface area contributed by atoms with E-state index in [0.29, 0.717) is 24.4 Å². The summed E-state index contributed by atoms with van der Waals surface area (Å²) in [5.41, 5.74) is 0. The van der Waals surface area contributed by atoms with Crippen LogP contribution in [0.5, 0.6) is 0 Å². The van der Waals surface area contributed by atoms with E-state index in [1.807, 2.05) is 13.8 Å². The van der Waals surface area contributed by atoms with E-state index < -0.39 is 17.9 Å². The normalized spacial score (nSPS) is 22.7. The standard InChI is InChI=1S/C11H16N4O3S/c1-3-7-12-9(14-13-7)10(16)15-6(11(17)18)5-19-8(15)4-2/h6,8H,3-5H2,1-2H3,(H,17,18)(H,12,13,14). The van der Waals surface area contributed by atoms with Crippen LogP contribution in [0.2, 0.25) is 0 Å². The predicted octanol–water partition coefficient (Wildman–Crippen LogP) is 0.745. The Morgan fingerprint density at radius 1 is 1.53 bits per heavy atom. The van der Waals surface area contributed by atoms with Gasteiger partial charge in [-0.2, -0.15) is 0 Å². The zero-order valence-electron chi connectivity index (χ0n) is 10.8. The molecule has 8 heteroatoms. The van der Waals surface area contributed by atoms with Gasteiger partial charge in [0, 0.05) is 12.2 Å². The number of thioether (sulfide) groups is 1. The van der Waals surface area contributed by atoms with E-state index >= 15 is 0 Å². The van der Waals surface area contributed by atoms with Crippen LogP contribution in [0.15, 0.2) is 0 Å². The van der Waals surface area contributed by atoms with Gasteiger partial charge in [0.1, 0.15) is 11.9 Å². The maximum absolute atomic E-state index is 12.4. The van der Waals surface area contributed by atoms with Gasteiger partial charge < -0.3 is 10.0 Å². The van der Waals surface area contributed by atoms with Gasteiger partial charge >= 0.3 is 5.97 Å². The van der Waals surface area contributed by atoms with Crippen molar-refractivity contribution in [1.29, 1.82) is 0 Å². The van der Waals surface area contributed by atoms with Crippen LogP contribution in [-0.4, -0.2) is 54.2 Å². The highest BCUT2D eigenvalue weighted by Gasteiger charge is 2.42. The van der Waals surface area contributed by atoms with Crippen LogP contribution in [0, 0.1) is 0 Å². The van der Waals surface area contributed by atoms with Crippen LogP contribution in [0.1, 0.15) is 36.7 Å². The first kappa shape index (κ1) is 13.9. The van der Waals surface area contributed by atoms with Gasteiger partial charge in [-0.25, -0.2) is 9.78 Å². The molecule has 0 radical (unpaired) electrons. The van der Waals surface area contributed by atoms with Gasteiger partial charge in [0.05, 0.1) is 5.37 Å². The van der Waals surface area contributed by atoms with E-state index in [1.54, 1.807) is 0 Å². The number of hydrogen-bond acceptors (Lipinski definition) is 5. The van der Waals surface area contributed by atoms with Crippen LogP contribution in [0.3, 0.4) is 0 Å². The summed E-state index contributed by atoms with van der Waals surface area (Å²) in [6, 6.07) is -0.800. The van der Waals surface area contributed by atoms with E-state index in [-0.39, 0.29) is 11.2 Å². The SMILES string of the molecule is CCc1nc(C(=O)N2C(CC)SCC2C(=O)O)n[nH]1. The molecule has 0 saturated carbocycles. The molecule has 7 nitrogen and oxygen atoms in total. The number of carboxylic acids is 1. The lowest BCUT2D eigenvalue weighted by atomic mass is 10.2. The minimum atomic E-state index is -0.983. The number of aromatic amines is 1. The molecule has 0 bridgehead atoms. The second kappa shape index (κ2) is 5.60. The quantitative estimate of drug-likeness (QED) is 0.846. The van der Waals surface area contributed by atoms with Crippen molar-refractivity contribution >= 4 is 23.6 Å². The molecule has 1 aromatic heterocycles. The summed E-state index contributed by atoms with van der Waals surface area (Å²) >= 11 is 1.48. The predicted molar refractivity (Wildman–Crippen MR) is 69.9 cm³/mol. The first-order valence-electron chi connectivity index (χ1n) is 6.16. The molecule has 0 aliphatic carbocycles. The number of amides is 1. The smallest absolute Gasteiger partial charge is 0.327 e. The Bertz CT molecular complexity index is 490. The Balaban J connectivity index is 2.25. The Morgan fingerprint density at radius 2 is 2.26 bits per heavy atom. The van der Waals surface area contributed by atoms with Crippen molar-refractivity contribution in [2.45, 2.75) is 38.1 Å². The third kappa shape index (κ3) is 2.58. The molecule has 2 atom stereocenters. The fourth-order valence-electron chi connectivity index (χ4n) is 2.01. The first-order valence-corrected chi connectivity index (χ1v) is 7.21. The lowest BCUT2D eigenvalue weighted by Crippen LogP contribution is -2.45. The molecule has 1 amide bonds. The zero-order chi connectivity index (χ0) is 14.0. The number of rotatable bonds is 4. The van der Waals surface area contributed by atoms with E-state index in [4.69, 9.17) is 0 Å². The Labute approximate surface area is 114 Å². The number of carbonyl (C=O) groups is 2. The van der Waals surface area contributed by atoms with Crippen molar-refractivity contribution in [2.24, 2.45) is 0 Å². The summed E-state index contributed by atoms with van der Waals surface area (Å²) in [4.78, 5) is 29.0. The van der Waals surface area contributed by atoms with Gasteiger partial charge in [-0.15, -0.1) is 16.9 Å². The van der Waals surface area contributed by atoms with Crippen molar-refractivity contribution in [3.05, 3.63) is 11.6 Å². The summed E-state index contributed by atoms with van der Waals surface area (Å²) in [5, 5.41) is 15.6. The monoisotopic (exact) mass is 284 g/mol. The van der Waals surface area contributed by atoms with Crippen LogP contribution in [0.4, 0.5) is 0 Å². The number of aryl methyl sites for hydroxylation is 1. The highest BCUT2D eigenvalue weighted by atomic mass is 32.2. The van der Waals surface area contributed by atoms with Gasteiger partial charge in [-0.1, -0.05) is 13.8 Å². The van der Waals surface area contributed by atoms with Crippen LogP contribution in [-0.2, 0) is 11.2 Å². The molecule has 1 fully saturated rings. The lowest BCUT2D eigenvalue weighted by Gasteiger charge is -2.25. The molecule has 1 aromatic rings. The first-order chi connectivity index (χ1) is 9.08. The molecule has 2 unspecified atom stereocenters. The Hall–Kier alpha value is -1.57. The maximum atomic E-state index is 12.4. The number of hydrogen-bond donors (Lipinski definition) is 2. The summed E-state index contributed by atoms with van der Waals surface area (Å²) in [6.45, 7) is 3.83. The van der Waals surface area contributed by atoms with E-state index in [9.17, 15) is 14.7 Å². The number of nitrogens with one attached hydrogen (secondary N) is 1. The average Bonchev–Trinajstić information content (AvgIpc) is 3.03. The van der Waals surface area contributed by atoms with Gasteiger partial charge in [0.15, 0.2) is 0 Å². The van der Waals surface area contributed by atoms with E-state index in [0.717, 1.165) is 0 Å². The number of nitrogens with zero attached hydrogens (tertiary/aromatic N) is 3. The second-order valence-electron chi connectivity index (χ2n) is 4.22. The van der Waals surface area contributed by atoms with E-state index in [1.165, 1.54) is 16.7 Å². The largest absolute Gasteiger partial charge is 0.480 e. The van der Waals surface area contributed by atoms with Crippen molar-refractivity contribution in [2.75, 3.05) is 5.75 Å². The molecule has 0 spiro atoms. The average molecular weight is 284 g/mol. The summed E-state index contributed by atoms with van der Waals surface area (Å²) in [6.07, 6.45) is 1.35. The molecule has 0 aromatic carbocycles. The maximum Gasteiger partial charge on any atom is 0.327 e. The summed E-state index contributed by atoms with van der Waals surface area (Å²) in [5.74, 6) is -0.326. The number of aliphatic carboxylic acids is 1. The second-order valence-corrected chi connectivity index (χ2v) is 5.43. The zero-order valence-corrected chi connectivity index (χ0v) is 11.6. The highest BCUT2D eigenvalue weighted by molar-refractivity contribution is 8.00. The van der Waals surface area contributed by atoms with Crippen LogP contribution < -0.4 is 0 Å². The minimum Gasteiger partial charge on any atom is -0.480 e. The van der Waals surface area contributed by atoms with Crippen LogP contribution >= 0.6 is 11.8 Å². The molecule has 1 aliphatic rings. The molecule has 1 saturated heterocycles. The topological polar surface area (TPSA) is 99.2 Å². The Kier molecular flexibility index (Phi) is 4.08. The third-order valence-electron chi connectivity index (χ3n) is 3.02. The minimum absolute atomic E-state index is 0.0454. The van der Waals surface area contributed by atoms with Crippen molar-refractivity contribution in [3.63, 3.8) is 0 Å². The fourth-order valence-corrected chi connectivity index (χ4v) is 3.35. The van der Waals surface area contributed by atoms with E-state index in [2.05, 4.69) is 15.2 Å². The van der Waals surface area contributed by atoms with Crippen molar-refractivity contribution in [1.82, 2.24) is 20.1 Å². The molecular weight excluding hydrogens is 268 g/mol. The van der Waals surface area contributed by atoms with Gasteiger partial charge in [-0.3, -0.25) is 9.89 Å². The lowest BCUT2D eigenvalue weighted by molar-refractivity contribution is -0.141. The highest BCUT2D eigenvalue weighted by Crippen LogP contribution is 2.32. The van der Waals surface area contributed by atoms with Crippen molar-refractivity contribution < 1.29 is 14.7 Å². The van der Waals surface area contributed by atoms with Crippen molar-refractivity contribution in [3.8, 4) is 0 Å². The number of carboxylic acid groups (broad SMARTS) is 1. The van der Waals surface area contributed by atoms with Gasteiger partial charge in [0.25, 0.3) is 5.91 Å². The van der Waals surface area contributed by atoms with Gasteiger partial charge in [-0.05, 0) is 6.42 Å². The third-order valence-corrected chi connectivity index (χ3v) is 4.47. The number of carbonyl (C=O) groups excluding carboxylic acids is 1. The number of aromatic nitrogens is 3. The molecule has 2 heterocycles. The molecule has 19 heavy (non-hydrogen) atoms. The molecule has 1 aliphatic heterocycles. The molecule has 2 rings (SSSR count). The molecular formula is C11H16N4O3S. The fraction of sp³-hybridized carbons (Fsp3) is 0.636. The molecule has 2 N–H and O–H groups in total.